The average Bonchev–Trinajstić information content (AvgIpc) is 3.16. The molecule has 0 aliphatic carbocycles. The summed E-state index contributed by atoms with van der Waals surface area (Å²) in [5.74, 6) is -1.32. The van der Waals surface area contributed by atoms with E-state index in [1.54, 1.807) is 39.0 Å². The summed E-state index contributed by atoms with van der Waals surface area (Å²) in [6.07, 6.45) is -1.84. The van der Waals surface area contributed by atoms with Crippen LogP contribution in [-0.4, -0.2) is 70.9 Å². The number of carboxylic acid groups (broad SMARTS) is 1. The van der Waals surface area contributed by atoms with Crippen molar-refractivity contribution in [1.82, 2.24) is 9.80 Å². The molecule has 40 heavy (non-hydrogen) atoms. The van der Waals surface area contributed by atoms with Gasteiger partial charge in [0.1, 0.15) is 29.1 Å². The fourth-order valence-electron chi connectivity index (χ4n) is 4.87. The molecule has 13 heteroatoms. The topological polar surface area (TPSA) is 132 Å². The van der Waals surface area contributed by atoms with Gasteiger partial charge in [-0.2, -0.15) is 5.26 Å². The molecular weight excluding hydrogens is 563 g/mol. The Labute approximate surface area is 237 Å². The number of anilines is 1. The zero-order valence-corrected chi connectivity index (χ0v) is 23.3. The van der Waals surface area contributed by atoms with Gasteiger partial charge in [0.2, 0.25) is 0 Å². The summed E-state index contributed by atoms with van der Waals surface area (Å²) in [4.78, 5) is 39.9. The molecular formula is C27H24ClFN4O6S. The first-order valence-corrected chi connectivity index (χ1v) is 13.5. The predicted octanol–water partition coefficient (Wildman–Crippen LogP) is 5.78. The number of rotatable bonds is 2. The van der Waals surface area contributed by atoms with Crippen molar-refractivity contribution in [3.8, 4) is 22.9 Å². The van der Waals surface area contributed by atoms with Gasteiger partial charge in [0.05, 0.1) is 22.2 Å². The van der Waals surface area contributed by atoms with E-state index in [0.717, 1.165) is 17.4 Å². The quantitative estimate of drug-likeness (QED) is 0.389. The summed E-state index contributed by atoms with van der Waals surface area (Å²) < 4.78 is 27.6. The summed E-state index contributed by atoms with van der Waals surface area (Å²) in [5, 5.41) is 22.5. The average molecular weight is 587 g/mol. The van der Waals surface area contributed by atoms with E-state index < -0.39 is 35.6 Å². The fourth-order valence-corrected chi connectivity index (χ4v) is 6.28. The maximum atomic E-state index is 15.8. The first-order valence-electron chi connectivity index (χ1n) is 12.3. The number of carbonyl (C=O) groups is 3. The molecule has 0 radical (unpaired) electrons. The van der Waals surface area contributed by atoms with Crippen LogP contribution in [0, 0.1) is 17.1 Å². The number of nitriles is 1. The predicted molar refractivity (Wildman–Crippen MR) is 147 cm³/mol. The fraction of sp³-hybridized carbons (Fsp3) is 0.333. The standard InChI is InChI=1S/C27H24ClFN4O6S/c1-27(2,3)39-25(35)31-23-16(10-30)19-14(5-4-6-18(19)40-23)20-17(29)9-15-22(21(20)28)38-12-13-11-32(26(36)37)7-8-33(13)24(15)34/h4-6,9,13H,7-8,11-12H2,1-3H3,(H,31,35)(H,36,37)/t13-/m1/s1. The molecule has 10 nitrogen and oxygen atoms in total. The number of hydrogen-bond acceptors (Lipinski definition) is 7. The number of amides is 3. The Kier molecular flexibility index (Phi) is 6.97. The monoisotopic (exact) mass is 586 g/mol. The van der Waals surface area contributed by atoms with Crippen LogP contribution in [-0.2, 0) is 4.74 Å². The number of benzene rings is 2. The molecule has 3 amide bonds. The highest BCUT2D eigenvalue weighted by Gasteiger charge is 2.38. The van der Waals surface area contributed by atoms with Crippen molar-refractivity contribution >= 4 is 56.1 Å². The van der Waals surface area contributed by atoms with Crippen molar-refractivity contribution in [1.29, 1.82) is 5.26 Å². The van der Waals surface area contributed by atoms with E-state index in [0.29, 0.717) is 10.1 Å². The highest BCUT2D eigenvalue weighted by atomic mass is 35.5. The lowest BCUT2D eigenvalue weighted by atomic mass is 9.96. The van der Waals surface area contributed by atoms with Crippen LogP contribution in [0.25, 0.3) is 21.2 Å². The number of thiophene rings is 1. The van der Waals surface area contributed by atoms with Gasteiger partial charge in [-0.1, -0.05) is 23.7 Å². The van der Waals surface area contributed by atoms with Gasteiger partial charge in [0, 0.05) is 35.3 Å². The van der Waals surface area contributed by atoms with Crippen LogP contribution in [0.4, 0.5) is 19.0 Å². The van der Waals surface area contributed by atoms with Gasteiger partial charge in [-0.15, -0.1) is 11.3 Å². The molecule has 208 valence electrons. The van der Waals surface area contributed by atoms with Gasteiger partial charge in [-0.05, 0) is 38.5 Å². The van der Waals surface area contributed by atoms with Crippen molar-refractivity contribution in [2.75, 3.05) is 31.6 Å². The van der Waals surface area contributed by atoms with Gasteiger partial charge < -0.3 is 24.4 Å². The van der Waals surface area contributed by atoms with Gasteiger partial charge in [-0.25, -0.2) is 14.0 Å². The van der Waals surface area contributed by atoms with Crippen molar-refractivity contribution in [2.45, 2.75) is 32.4 Å². The van der Waals surface area contributed by atoms with E-state index in [1.165, 1.54) is 9.80 Å². The first-order chi connectivity index (χ1) is 18.9. The van der Waals surface area contributed by atoms with Crippen LogP contribution in [0.5, 0.6) is 5.75 Å². The Morgan fingerprint density at radius 2 is 2.05 bits per heavy atom. The lowest BCUT2D eigenvalue weighted by molar-refractivity contribution is 0.0390. The number of carbonyl (C=O) groups excluding carboxylic acids is 2. The van der Waals surface area contributed by atoms with E-state index in [-0.39, 0.29) is 64.3 Å². The van der Waals surface area contributed by atoms with Gasteiger partial charge in [0.25, 0.3) is 5.91 Å². The number of fused-ring (bicyclic) bond motifs is 3. The highest BCUT2D eigenvalue weighted by Crippen LogP contribution is 2.47. The Morgan fingerprint density at radius 1 is 1.30 bits per heavy atom. The third-order valence-electron chi connectivity index (χ3n) is 6.55. The first kappa shape index (κ1) is 27.5. The Morgan fingerprint density at radius 3 is 2.73 bits per heavy atom. The van der Waals surface area contributed by atoms with Crippen LogP contribution in [0.1, 0.15) is 36.7 Å². The van der Waals surface area contributed by atoms with E-state index in [2.05, 4.69) is 11.4 Å². The number of hydrogen-bond donors (Lipinski definition) is 2. The molecule has 3 heterocycles. The zero-order valence-electron chi connectivity index (χ0n) is 21.7. The summed E-state index contributed by atoms with van der Waals surface area (Å²) in [5.41, 5.74) is -0.501. The molecule has 0 saturated carbocycles. The summed E-state index contributed by atoms with van der Waals surface area (Å²) >= 11 is 7.86. The van der Waals surface area contributed by atoms with Crippen molar-refractivity contribution in [3.63, 3.8) is 0 Å². The van der Waals surface area contributed by atoms with Crippen molar-refractivity contribution in [2.24, 2.45) is 0 Å². The van der Waals surface area contributed by atoms with E-state index in [4.69, 9.17) is 21.1 Å². The number of halogens is 2. The summed E-state index contributed by atoms with van der Waals surface area (Å²) in [7, 11) is 0. The normalized spacial score (nSPS) is 16.9. The molecule has 0 spiro atoms. The minimum Gasteiger partial charge on any atom is -0.489 e. The molecule has 1 aromatic heterocycles. The third kappa shape index (κ3) is 4.87. The Hall–Kier alpha value is -4.08. The number of ether oxygens (including phenoxy) is 2. The van der Waals surface area contributed by atoms with Crippen LogP contribution < -0.4 is 10.1 Å². The number of nitrogens with zero attached hydrogens (tertiary/aromatic N) is 3. The minimum absolute atomic E-state index is 0.0165. The van der Waals surface area contributed by atoms with Crippen molar-refractivity contribution < 1.29 is 33.4 Å². The van der Waals surface area contributed by atoms with E-state index >= 15 is 4.39 Å². The lowest BCUT2D eigenvalue weighted by Crippen LogP contribution is -2.57. The van der Waals surface area contributed by atoms with Crippen LogP contribution in [0.15, 0.2) is 24.3 Å². The molecule has 3 aromatic rings. The molecule has 2 aliphatic heterocycles. The molecule has 2 N–H and O–H groups in total. The largest absolute Gasteiger partial charge is 0.489 e. The van der Waals surface area contributed by atoms with E-state index in [1.807, 2.05) is 0 Å². The lowest BCUT2D eigenvalue weighted by Gasteiger charge is -2.38. The number of piperazine rings is 1. The van der Waals surface area contributed by atoms with Crippen molar-refractivity contribution in [3.05, 3.63) is 46.2 Å². The SMILES string of the molecule is CC(C)(C)OC(=O)Nc1sc2cccc(-c3c(F)cc4c(c3Cl)OC[C@H]3CN(C(=O)O)CCN3C4=O)c2c1C#N. The van der Waals surface area contributed by atoms with Crippen LogP contribution in [0.3, 0.4) is 0 Å². The number of nitrogens with one attached hydrogen (secondary N) is 1. The van der Waals surface area contributed by atoms with Gasteiger partial charge in [-0.3, -0.25) is 10.1 Å². The summed E-state index contributed by atoms with van der Waals surface area (Å²) in [6.45, 7) is 5.41. The second kappa shape index (κ2) is 10.1. The molecule has 2 aliphatic rings. The Balaban J connectivity index is 1.59. The third-order valence-corrected chi connectivity index (χ3v) is 7.98. The molecule has 2 aromatic carbocycles. The van der Waals surface area contributed by atoms with Crippen LogP contribution >= 0.6 is 22.9 Å². The second-order valence-corrected chi connectivity index (χ2v) is 11.8. The van der Waals surface area contributed by atoms with Gasteiger partial charge in [0.15, 0.2) is 5.75 Å². The summed E-state index contributed by atoms with van der Waals surface area (Å²) in [6, 6.07) is 7.57. The highest BCUT2D eigenvalue weighted by molar-refractivity contribution is 7.23. The molecule has 0 unspecified atom stereocenters. The second-order valence-electron chi connectivity index (χ2n) is 10.3. The molecule has 1 saturated heterocycles. The van der Waals surface area contributed by atoms with E-state index in [9.17, 15) is 24.8 Å². The molecule has 1 atom stereocenters. The molecule has 5 rings (SSSR count). The van der Waals surface area contributed by atoms with Crippen LogP contribution in [0.2, 0.25) is 5.02 Å². The van der Waals surface area contributed by atoms with Gasteiger partial charge >= 0.3 is 12.2 Å². The molecule has 0 bridgehead atoms. The zero-order chi connectivity index (χ0) is 28.9. The maximum Gasteiger partial charge on any atom is 0.412 e. The minimum atomic E-state index is -1.10. The molecule has 1 fully saturated rings. The Bertz CT molecular complexity index is 1610. The smallest absolute Gasteiger partial charge is 0.412 e. The maximum absolute atomic E-state index is 15.8.